The zero-order chi connectivity index (χ0) is 20.5. The minimum Gasteiger partial charge on any atom is -0.361 e. The number of likely N-dealkylation sites (N-methyl/N-ethyl adjacent to an activating group) is 1. The van der Waals surface area contributed by atoms with Crippen LogP contribution in [-0.4, -0.2) is 35.3 Å². The average Bonchev–Trinajstić information content (AvgIpc) is 3.14. The third kappa shape index (κ3) is 3.41. The van der Waals surface area contributed by atoms with Crippen molar-refractivity contribution in [2.24, 2.45) is 5.92 Å². The third-order valence-corrected chi connectivity index (χ3v) is 5.82. The number of benzene rings is 2. The summed E-state index contributed by atoms with van der Waals surface area (Å²) < 4.78 is 0. The average molecular weight is 389 g/mol. The maximum Gasteiger partial charge on any atom is 0.254 e. The quantitative estimate of drug-likeness (QED) is 0.685. The lowest BCUT2D eigenvalue weighted by Crippen LogP contribution is -2.45. The fourth-order valence-corrected chi connectivity index (χ4v) is 4.28. The molecule has 2 atom stereocenters. The number of hydrogen-bond donors (Lipinski definition) is 2. The molecule has 2 unspecified atom stereocenters. The minimum absolute atomic E-state index is 0.0345. The van der Waals surface area contributed by atoms with Gasteiger partial charge >= 0.3 is 0 Å². The van der Waals surface area contributed by atoms with Gasteiger partial charge in [0.1, 0.15) is 0 Å². The molecule has 0 aliphatic carbocycles. The second-order valence-corrected chi connectivity index (χ2v) is 8.19. The van der Waals surface area contributed by atoms with Gasteiger partial charge in [-0.3, -0.25) is 9.59 Å². The van der Waals surface area contributed by atoms with Crippen molar-refractivity contribution in [1.29, 1.82) is 0 Å². The number of aromatic amines is 1. The van der Waals surface area contributed by atoms with Crippen molar-refractivity contribution in [2.45, 2.75) is 32.2 Å². The van der Waals surface area contributed by atoms with Gasteiger partial charge in [-0.15, -0.1) is 0 Å². The molecular weight excluding hydrogens is 362 g/mol. The van der Waals surface area contributed by atoms with Crippen molar-refractivity contribution < 1.29 is 9.59 Å². The topological polar surface area (TPSA) is 65.2 Å². The summed E-state index contributed by atoms with van der Waals surface area (Å²) in [5.74, 6) is -0.0299. The Morgan fingerprint density at radius 2 is 1.83 bits per heavy atom. The number of carbonyl (C=O) groups is 2. The van der Waals surface area contributed by atoms with Crippen LogP contribution >= 0.6 is 0 Å². The minimum atomic E-state index is -0.458. The SMILES string of the molecule is CC(C)CCNC(=O)C1c2ccccc2C(=O)N(C)C1c1c[nH]c2ccccc12. The lowest BCUT2D eigenvalue weighted by Gasteiger charge is -2.39. The highest BCUT2D eigenvalue weighted by Gasteiger charge is 2.43. The van der Waals surface area contributed by atoms with E-state index in [0.29, 0.717) is 18.0 Å². The van der Waals surface area contributed by atoms with E-state index in [0.717, 1.165) is 28.5 Å². The van der Waals surface area contributed by atoms with E-state index in [4.69, 9.17) is 0 Å². The number of para-hydroxylation sites is 1. The van der Waals surface area contributed by atoms with Crippen LogP contribution in [-0.2, 0) is 4.79 Å². The first kappa shape index (κ1) is 19.2. The molecule has 1 aliphatic heterocycles. The maximum absolute atomic E-state index is 13.4. The number of aromatic nitrogens is 1. The summed E-state index contributed by atoms with van der Waals surface area (Å²) in [7, 11) is 1.79. The molecule has 0 saturated carbocycles. The molecule has 3 aromatic rings. The molecule has 2 heterocycles. The molecule has 0 bridgehead atoms. The molecule has 2 N–H and O–H groups in total. The van der Waals surface area contributed by atoms with Gasteiger partial charge in [0.15, 0.2) is 0 Å². The van der Waals surface area contributed by atoms with Crippen LogP contribution in [0, 0.1) is 5.92 Å². The first-order valence-corrected chi connectivity index (χ1v) is 10.2. The van der Waals surface area contributed by atoms with Crippen LogP contribution in [0.3, 0.4) is 0 Å². The highest BCUT2D eigenvalue weighted by atomic mass is 16.2. The first-order valence-electron chi connectivity index (χ1n) is 10.2. The molecule has 29 heavy (non-hydrogen) atoms. The van der Waals surface area contributed by atoms with E-state index in [1.165, 1.54) is 0 Å². The number of nitrogens with one attached hydrogen (secondary N) is 2. The molecule has 2 aromatic carbocycles. The first-order chi connectivity index (χ1) is 14.0. The number of nitrogens with zero attached hydrogens (tertiary/aromatic N) is 1. The molecule has 0 radical (unpaired) electrons. The van der Waals surface area contributed by atoms with Gasteiger partial charge in [0.2, 0.25) is 5.91 Å². The second kappa shape index (κ2) is 7.74. The predicted octanol–water partition coefficient (Wildman–Crippen LogP) is 4.24. The summed E-state index contributed by atoms with van der Waals surface area (Å²) in [6.07, 6.45) is 2.86. The van der Waals surface area contributed by atoms with Gasteiger partial charge in [-0.25, -0.2) is 0 Å². The summed E-state index contributed by atoms with van der Waals surface area (Å²) in [4.78, 5) is 31.5. The van der Waals surface area contributed by atoms with Gasteiger partial charge in [0.25, 0.3) is 5.91 Å². The lowest BCUT2D eigenvalue weighted by atomic mass is 9.79. The van der Waals surface area contributed by atoms with Crippen LogP contribution in [0.5, 0.6) is 0 Å². The molecule has 0 saturated heterocycles. The fourth-order valence-electron chi connectivity index (χ4n) is 4.28. The fraction of sp³-hybridized carbons (Fsp3) is 0.333. The van der Waals surface area contributed by atoms with Gasteiger partial charge < -0.3 is 15.2 Å². The van der Waals surface area contributed by atoms with Crippen molar-refractivity contribution in [3.05, 3.63) is 71.4 Å². The largest absolute Gasteiger partial charge is 0.361 e. The smallest absolute Gasteiger partial charge is 0.254 e. The van der Waals surface area contributed by atoms with E-state index < -0.39 is 5.92 Å². The lowest BCUT2D eigenvalue weighted by molar-refractivity contribution is -0.124. The van der Waals surface area contributed by atoms with Crippen molar-refractivity contribution >= 4 is 22.7 Å². The summed E-state index contributed by atoms with van der Waals surface area (Å²) in [6, 6.07) is 15.1. The van der Waals surface area contributed by atoms with Gasteiger partial charge in [-0.1, -0.05) is 50.2 Å². The highest BCUT2D eigenvalue weighted by Crippen LogP contribution is 2.44. The van der Waals surface area contributed by atoms with Gasteiger partial charge in [0.05, 0.1) is 12.0 Å². The second-order valence-electron chi connectivity index (χ2n) is 8.19. The van der Waals surface area contributed by atoms with E-state index in [2.05, 4.69) is 24.1 Å². The molecular formula is C24H27N3O2. The molecule has 0 fully saturated rings. The zero-order valence-corrected chi connectivity index (χ0v) is 17.1. The Bertz CT molecular complexity index is 1050. The maximum atomic E-state index is 13.4. The van der Waals surface area contributed by atoms with Crippen LogP contribution in [0.4, 0.5) is 0 Å². The van der Waals surface area contributed by atoms with Crippen LogP contribution in [0.1, 0.15) is 53.7 Å². The van der Waals surface area contributed by atoms with Gasteiger partial charge in [0, 0.05) is 41.8 Å². The van der Waals surface area contributed by atoms with E-state index in [1.54, 1.807) is 11.9 Å². The Kier molecular flexibility index (Phi) is 5.14. The summed E-state index contributed by atoms with van der Waals surface area (Å²) in [5, 5.41) is 4.15. The number of carbonyl (C=O) groups excluding carboxylic acids is 2. The molecule has 5 heteroatoms. The van der Waals surface area contributed by atoms with Gasteiger partial charge in [-0.2, -0.15) is 0 Å². The Labute approximate surface area is 171 Å². The van der Waals surface area contributed by atoms with Crippen LogP contribution < -0.4 is 5.32 Å². The van der Waals surface area contributed by atoms with Crippen LogP contribution in [0.2, 0.25) is 0 Å². The van der Waals surface area contributed by atoms with Crippen LogP contribution in [0.25, 0.3) is 10.9 Å². The highest BCUT2D eigenvalue weighted by molar-refractivity contribution is 6.02. The molecule has 5 nitrogen and oxygen atoms in total. The number of hydrogen-bond acceptors (Lipinski definition) is 2. The Morgan fingerprint density at radius 1 is 1.10 bits per heavy atom. The van der Waals surface area contributed by atoms with E-state index in [9.17, 15) is 9.59 Å². The van der Waals surface area contributed by atoms with Crippen molar-refractivity contribution in [2.75, 3.05) is 13.6 Å². The Balaban J connectivity index is 1.80. The van der Waals surface area contributed by atoms with Gasteiger partial charge in [-0.05, 0) is 30.0 Å². The monoisotopic (exact) mass is 389 g/mol. The van der Waals surface area contributed by atoms with Crippen molar-refractivity contribution in [3.8, 4) is 0 Å². The Hall–Kier alpha value is -3.08. The number of rotatable bonds is 5. The summed E-state index contributed by atoms with van der Waals surface area (Å²) >= 11 is 0. The normalized spacial score (nSPS) is 18.9. The zero-order valence-electron chi connectivity index (χ0n) is 17.1. The predicted molar refractivity (Wildman–Crippen MR) is 115 cm³/mol. The molecule has 1 aromatic heterocycles. The standard InChI is InChI=1S/C24H27N3O2/c1-15(2)12-13-25-23(28)21-17-9-4-5-10-18(17)24(29)27(3)22(21)19-14-26-20-11-7-6-8-16(19)20/h4-11,14-15,21-22,26H,12-13H2,1-3H3,(H,25,28). The number of H-pyrrole nitrogens is 1. The molecule has 150 valence electrons. The van der Waals surface area contributed by atoms with E-state index >= 15 is 0 Å². The third-order valence-electron chi connectivity index (χ3n) is 5.82. The summed E-state index contributed by atoms with van der Waals surface area (Å²) in [5.41, 5.74) is 3.37. The summed E-state index contributed by atoms with van der Waals surface area (Å²) in [6.45, 7) is 4.92. The number of amides is 2. The number of fused-ring (bicyclic) bond motifs is 2. The van der Waals surface area contributed by atoms with Crippen molar-refractivity contribution in [3.63, 3.8) is 0 Å². The van der Waals surface area contributed by atoms with E-state index in [-0.39, 0.29) is 17.9 Å². The molecule has 2 amide bonds. The molecule has 4 rings (SSSR count). The van der Waals surface area contributed by atoms with Crippen molar-refractivity contribution in [1.82, 2.24) is 15.2 Å². The van der Waals surface area contributed by atoms with E-state index in [1.807, 2.05) is 54.7 Å². The van der Waals surface area contributed by atoms with Crippen LogP contribution in [0.15, 0.2) is 54.7 Å². The molecule has 0 spiro atoms. The Morgan fingerprint density at radius 3 is 2.62 bits per heavy atom. The molecule has 1 aliphatic rings.